The molecule has 24 heavy (non-hydrogen) atoms. The van der Waals surface area contributed by atoms with E-state index in [2.05, 4.69) is 77.3 Å². The number of hydrogen-bond donors (Lipinski definition) is 1. The van der Waals surface area contributed by atoms with Crippen LogP contribution in [0.5, 0.6) is 0 Å². The minimum atomic E-state index is 0.0346. The average molecular weight is 324 g/mol. The zero-order valence-electron chi connectivity index (χ0n) is 15.0. The fraction of sp³-hybridized carbons (Fsp3) is 0.450. The van der Waals surface area contributed by atoms with Crippen molar-refractivity contribution in [3.8, 4) is 0 Å². The Morgan fingerprint density at radius 1 is 0.958 bits per heavy atom. The van der Waals surface area contributed by atoms with Gasteiger partial charge in [0, 0.05) is 44.5 Å². The second-order valence-electron chi connectivity index (χ2n) is 7.50. The highest BCUT2D eigenvalue weighted by atomic mass is 15.3. The topological polar surface area (TPSA) is 31.4 Å². The molecule has 1 saturated heterocycles. The van der Waals surface area contributed by atoms with Crippen LogP contribution < -0.4 is 10.2 Å². The van der Waals surface area contributed by atoms with Crippen LogP contribution in [0.3, 0.4) is 0 Å². The van der Waals surface area contributed by atoms with Gasteiger partial charge in [-0.3, -0.25) is 4.90 Å². The highest BCUT2D eigenvalue weighted by Gasteiger charge is 2.21. The lowest BCUT2D eigenvalue weighted by atomic mass is 10.1. The maximum Gasteiger partial charge on any atom is 0.152 e. The monoisotopic (exact) mass is 324 g/mol. The zero-order chi connectivity index (χ0) is 17.0. The van der Waals surface area contributed by atoms with Crippen LogP contribution >= 0.6 is 0 Å². The van der Waals surface area contributed by atoms with E-state index in [9.17, 15) is 0 Å². The van der Waals surface area contributed by atoms with Crippen molar-refractivity contribution in [2.24, 2.45) is 0 Å². The molecule has 4 heteroatoms. The first-order valence-electron chi connectivity index (χ1n) is 8.76. The summed E-state index contributed by atoms with van der Waals surface area (Å²) in [5.41, 5.74) is 2.55. The van der Waals surface area contributed by atoms with Gasteiger partial charge in [-0.15, -0.1) is 0 Å². The summed E-state index contributed by atoms with van der Waals surface area (Å²) in [7, 11) is 0. The van der Waals surface area contributed by atoms with Crippen LogP contribution in [0.1, 0.15) is 26.3 Å². The Kier molecular flexibility index (Phi) is 5.05. The molecule has 2 heterocycles. The molecule has 1 aromatic heterocycles. The number of pyridine rings is 1. The standard InChI is InChI=1S/C20H28N4/c1-20(2,3)22-18-10-7-11-21-19(18)24-14-12-23(13-15-24)16-17-8-5-4-6-9-17/h4-11,22H,12-16H2,1-3H3. The summed E-state index contributed by atoms with van der Waals surface area (Å²) in [6.45, 7) is 11.8. The lowest BCUT2D eigenvalue weighted by molar-refractivity contribution is 0.249. The molecule has 1 aromatic carbocycles. The van der Waals surface area contributed by atoms with Gasteiger partial charge < -0.3 is 10.2 Å². The molecule has 0 atom stereocenters. The third kappa shape index (κ3) is 4.48. The van der Waals surface area contributed by atoms with Gasteiger partial charge in [-0.25, -0.2) is 4.98 Å². The molecule has 2 aromatic rings. The largest absolute Gasteiger partial charge is 0.377 e. The SMILES string of the molecule is CC(C)(C)Nc1cccnc1N1CCN(Cc2ccccc2)CC1. The number of nitrogens with zero attached hydrogens (tertiary/aromatic N) is 3. The Bertz CT molecular complexity index is 640. The number of benzene rings is 1. The molecular weight excluding hydrogens is 296 g/mol. The van der Waals surface area contributed by atoms with E-state index in [0.29, 0.717) is 0 Å². The molecule has 1 aliphatic rings. The van der Waals surface area contributed by atoms with Gasteiger partial charge in [-0.2, -0.15) is 0 Å². The molecular formula is C20H28N4. The minimum Gasteiger partial charge on any atom is -0.377 e. The zero-order valence-corrected chi connectivity index (χ0v) is 15.0. The lowest BCUT2D eigenvalue weighted by Crippen LogP contribution is -2.46. The molecule has 0 amide bonds. The minimum absolute atomic E-state index is 0.0346. The molecule has 0 unspecified atom stereocenters. The number of aromatic nitrogens is 1. The Morgan fingerprint density at radius 2 is 1.67 bits per heavy atom. The molecule has 0 aliphatic carbocycles. The van der Waals surface area contributed by atoms with Gasteiger partial charge in [0.1, 0.15) is 0 Å². The summed E-state index contributed by atoms with van der Waals surface area (Å²) in [6.07, 6.45) is 1.89. The van der Waals surface area contributed by atoms with Gasteiger partial charge in [0.2, 0.25) is 0 Å². The summed E-state index contributed by atoms with van der Waals surface area (Å²) < 4.78 is 0. The normalized spacial score (nSPS) is 16.2. The van der Waals surface area contributed by atoms with E-state index in [1.54, 1.807) is 0 Å². The van der Waals surface area contributed by atoms with E-state index in [1.807, 2.05) is 12.3 Å². The van der Waals surface area contributed by atoms with Crippen molar-refractivity contribution in [1.82, 2.24) is 9.88 Å². The van der Waals surface area contributed by atoms with Crippen LogP contribution in [-0.4, -0.2) is 41.6 Å². The first kappa shape index (κ1) is 16.8. The molecule has 0 spiro atoms. The van der Waals surface area contributed by atoms with E-state index in [-0.39, 0.29) is 5.54 Å². The molecule has 0 bridgehead atoms. The highest BCUT2D eigenvalue weighted by Crippen LogP contribution is 2.26. The second-order valence-corrected chi connectivity index (χ2v) is 7.50. The van der Waals surface area contributed by atoms with Crippen LogP contribution in [-0.2, 0) is 6.54 Å². The van der Waals surface area contributed by atoms with Gasteiger partial charge in [0.15, 0.2) is 5.82 Å². The smallest absolute Gasteiger partial charge is 0.152 e. The molecule has 4 nitrogen and oxygen atoms in total. The number of rotatable bonds is 4. The summed E-state index contributed by atoms with van der Waals surface area (Å²) in [5.74, 6) is 1.08. The number of nitrogens with one attached hydrogen (secondary N) is 1. The summed E-state index contributed by atoms with van der Waals surface area (Å²) in [5, 5.41) is 3.58. The molecule has 1 aliphatic heterocycles. The van der Waals surface area contributed by atoms with Gasteiger partial charge in [-0.1, -0.05) is 30.3 Å². The highest BCUT2D eigenvalue weighted by molar-refractivity contribution is 5.66. The fourth-order valence-corrected chi connectivity index (χ4v) is 3.11. The molecule has 1 fully saturated rings. The van der Waals surface area contributed by atoms with Crippen molar-refractivity contribution in [2.45, 2.75) is 32.9 Å². The first-order chi connectivity index (χ1) is 11.5. The van der Waals surface area contributed by atoms with E-state index >= 15 is 0 Å². The molecule has 3 rings (SSSR count). The maximum atomic E-state index is 4.64. The first-order valence-corrected chi connectivity index (χ1v) is 8.76. The quantitative estimate of drug-likeness (QED) is 0.931. The third-order valence-corrected chi connectivity index (χ3v) is 4.22. The Labute approximate surface area is 145 Å². The van der Waals surface area contributed by atoms with E-state index in [0.717, 1.165) is 44.2 Å². The molecule has 1 N–H and O–H groups in total. The van der Waals surface area contributed by atoms with Crippen molar-refractivity contribution in [3.63, 3.8) is 0 Å². The summed E-state index contributed by atoms with van der Waals surface area (Å²) in [4.78, 5) is 9.56. The molecule has 0 radical (unpaired) electrons. The second kappa shape index (κ2) is 7.22. The van der Waals surface area contributed by atoms with Crippen molar-refractivity contribution in [1.29, 1.82) is 0 Å². The van der Waals surface area contributed by atoms with Crippen LogP contribution in [0.25, 0.3) is 0 Å². The lowest BCUT2D eigenvalue weighted by Gasteiger charge is -2.37. The molecule has 128 valence electrons. The van der Waals surface area contributed by atoms with Gasteiger partial charge in [-0.05, 0) is 38.5 Å². The summed E-state index contributed by atoms with van der Waals surface area (Å²) >= 11 is 0. The molecule has 0 saturated carbocycles. The third-order valence-electron chi connectivity index (χ3n) is 4.22. The Balaban J connectivity index is 1.63. The van der Waals surface area contributed by atoms with Gasteiger partial charge in [0.25, 0.3) is 0 Å². The van der Waals surface area contributed by atoms with Crippen molar-refractivity contribution >= 4 is 11.5 Å². The average Bonchev–Trinajstić information content (AvgIpc) is 2.56. The Morgan fingerprint density at radius 3 is 2.33 bits per heavy atom. The van der Waals surface area contributed by atoms with Gasteiger partial charge >= 0.3 is 0 Å². The Hall–Kier alpha value is -2.07. The van der Waals surface area contributed by atoms with Crippen LogP contribution in [0.15, 0.2) is 48.7 Å². The summed E-state index contributed by atoms with van der Waals surface area (Å²) in [6, 6.07) is 14.8. The van der Waals surface area contributed by atoms with Crippen molar-refractivity contribution in [3.05, 3.63) is 54.2 Å². The predicted molar refractivity (Wildman–Crippen MR) is 102 cm³/mol. The van der Waals surface area contributed by atoms with E-state index in [4.69, 9.17) is 0 Å². The number of hydrogen-bond acceptors (Lipinski definition) is 4. The van der Waals surface area contributed by atoms with Gasteiger partial charge in [0.05, 0.1) is 5.69 Å². The van der Waals surface area contributed by atoms with Crippen LogP contribution in [0.2, 0.25) is 0 Å². The number of anilines is 2. The number of piperazine rings is 1. The van der Waals surface area contributed by atoms with Crippen molar-refractivity contribution in [2.75, 3.05) is 36.4 Å². The van der Waals surface area contributed by atoms with E-state index < -0.39 is 0 Å². The van der Waals surface area contributed by atoms with Crippen LogP contribution in [0, 0.1) is 0 Å². The predicted octanol–water partition coefficient (Wildman–Crippen LogP) is 3.61. The van der Waals surface area contributed by atoms with Crippen molar-refractivity contribution < 1.29 is 0 Å². The van der Waals surface area contributed by atoms with Crippen LogP contribution in [0.4, 0.5) is 11.5 Å². The maximum absolute atomic E-state index is 4.64. The van der Waals surface area contributed by atoms with E-state index in [1.165, 1.54) is 5.56 Å². The fourth-order valence-electron chi connectivity index (χ4n) is 3.11.